The molecule has 32 heavy (non-hydrogen) atoms. The molecule has 164 valence electrons. The van der Waals surface area contributed by atoms with Crippen molar-refractivity contribution in [2.75, 3.05) is 13.0 Å². The van der Waals surface area contributed by atoms with Crippen LogP contribution in [0.25, 0.3) is 17.8 Å². The van der Waals surface area contributed by atoms with Crippen LogP contribution >= 0.6 is 11.6 Å². The number of ether oxygens (including phenoxy) is 1. The van der Waals surface area contributed by atoms with Crippen molar-refractivity contribution in [3.63, 3.8) is 0 Å². The van der Waals surface area contributed by atoms with Crippen molar-refractivity contribution in [2.24, 2.45) is 0 Å². The molecule has 8 heteroatoms. The van der Waals surface area contributed by atoms with Gasteiger partial charge in [0.1, 0.15) is 17.4 Å². The first-order valence-corrected chi connectivity index (χ1v) is 10.7. The van der Waals surface area contributed by atoms with Crippen molar-refractivity contribution in [2.45, 2.75) is 19.3 Å². The average molecular weight is 452 g/mol. The van der Waals surface area contributed by atoms with Crippen molar-refractivity contribution >= 4 is 23.8 Å². The van der Waals surface area contributed by atoms with E-state index in [1.54, 1.807) is 25.6 Å². The van der Waals surface area contributed by atoms with E-state index in [-0.39, 0.29) is 11.7 Å². The molecule has 0 radical (unpaired) electrons. The molecule has 0 saturated carbocycles. The van der Waals surface area contributed by atoms with Crippen LogP contribution in [-0.4, -0.2) is 37.7 Å². The highest BCUT2D eigenvalue weighted by atomic mass is 35.5. The number of imidazole rings is 1. The Balaban J connectivity index is 1.54. The first kappa shape index (κ1) is 21.8. The van der Waals surface area contributed by atoms with E-state index in [1.807, 2.05) is 48.0 Å². The maximum Gasteiger partial charge on any atom is 0.154 e. The van der Waals surface area contributed by atoms with E-state index in [0.717, 1.165) is 28.3 Å². The first-order valence-electron chi connectivity index (χ1n) is 10.2. The monoisotopic (exact) mass is 451 g/mol. The molecule has 0 aliphatic carbocycles. The van der Waals surface area contributed by atoms with Crippen LogP contribution in [0.5, 0.6) is 5.75 Å². The fourth-order valence-corrected chi connectivity index (χ4v) is 3.74. The van der Waals surface area contributed by atoms with Gasteiger partial charge in [-0.2, -0.15) is 0 Å². The number of alkyl halides is 1. The Labute approximate surface area is 190 Å². The van der Waals surface area contributed by atoms with Gasteiger partial charge < -0.3 is 14.3 Å². The Morgan fingerprint density at radius 3 is 2.66 bits per heavy atom. The summed E-state index contributed by atoms with van der Waals surface area (Å²) in [6, 6.07) is 12.3. The van der Waals surface area contributed by atoms with Crippen LogP contribution in [0.2, 0.25) is 0 Å². The minimum Gasteiger partial charge on any atom is -0.495 e. The number of methoxy groups -OCH3 is 1. The van der Waals surface area contributed by atoms with Gasteiger partial charge in [0.15, 0.2) is 5.82 Å². The molecule has 0 aliphatic heterocycles. The molecule has 0 spiro atoms. The lowest BCUT2D eigenvalue weighted by molar-refractivity contribution is 0.413. The van der Waals surface area contributed by atoms with Crippen molar-refractivity contribution in [1.29, 1.82) is 0 Å². The second-order valence-corrected chi connectivity index (χ2v) is 7.74. The molecule has 4 aromatic rings. The zero-order valence-electron chi connectivity index (χ0n) is 17.8. The highest BCUT2D eigenvalue weighted by Crippen LogP contribution is 2.27. The summed E-state index contributed by atoms with van der Waals surface area (Å²) in [4.78, 5) is 7.51. The summed E-state index contributed by atoms with van der Waals surface area (Å²) in [5.74, 6) is 2.15. The molecule has 1 N–H and O–H groups in total. The molecule has 6 nitrogen and oxygen atoms in total. The van der Waals surface area contributed by atoms with Crippen molar-refractivity contribution < 1.29 is 9.13 Å². The van der Waals surface area contributed by atoms with Crippen molar-refractivity contribution in [1.82, 2.24) is 24.7 Å². The highest BCUT2D eigenvalue weighted by Gasteiger charge is 2.18. The Hall–Kier alpha value is -3.45. The third-order valence-electron chi connectivity index (χ3n) is 5.15. The van der Waals surface area contributed by atoms with Gasteiger partial charge in [-0.1, -0.05) is 24.3 Å². The lowest BCUT2D eigenvalue weighted by Crippen LogP contribution is -2.04. The number of hydrogen-bond acceptors (Lipinski definition) is 4. The van der Waals surface area contributed by atoms with E-state index in [0.29, 0.717) is 23.9 Å². The maximum atomic E-state index is 13.3. The number of H-pyrrole nitrogens is 1. The number of rotatable bonds is 8. The van der Waals surface area contributed by atoms with Gasteiger partial charge in [-0.25, -0.2) is 9.37 Å². The third-order valence-corrected chi connectivity index (χ3v) is 5.37. The summed E-state index contributed by atoms with van der Waals surface area (Å²) in [5, 5.41) is 8.53. The largest absolute Gasteiger partial charge is 0.495 e. The molecule has 0 bridgehead atoms. The van der Waals surface area contributed by atoms with Gasteiger partial charge in [-0.3, -0.25) is 0 Å². The van der Waals surface area contributed by atoms with Crippen LogP contribution in [0, 0.1) is 12.7 Å². The van der Waals surface area contributed by atoms with Crippen molar-refractivity contribution in [3.05, 3.63) is 89.3 Å². The molecular formula is C24H23ClFN5O. The Bertz CT molecular complexity index is 1220. The number of aromatic amines is 1. The molecule has 0 amide bonds. The van der Waals surface area contributed by atoms with Crippen LogP contribution in [0.4, 0.5) is 4.39 Å². The Morgan fingerprint density at radius 2 is 1.97 bits per heavy atom. The fraction of sp³-hybridized carbons (Fsp3) is 0.208. The topological polar surface area (TPSA) is 68.6 Å². The van der Waals surface area contributed by atoms with E-state index in [9.17, 15) is 4.39 Å². The summed E-state index contributed by atoms with van der Waals surface area (Å²) in [5.41, 5.74) is 3.74. The van der Waals surface area contributed by atoms with E-state index in [4.69, 9.17) is 16.3 Å². The number of benzene rings is 2. The SMILES string of the molecule is COc1cc(/C=C/c2nnc(C(CCCl)c3ccc(F)cc3)[nH]2)ccc1-n1cnc(C)c1. The fourth-order valence-electron chi connectivity index (χ4n) is 3.53. The molecule has 4 rings (SSSR count). The van der Waals surface area contributed by atoms with Gasteiger partial charge in [-0.15, -0.1) is 21.8 Å². The van der Waals surface area contributed by atoms with E-state index in [1.165, 1.54) is 12.1 Å². The smallest absolute Gasteiger partial charge is 0.154 e. The maximum absolute atomic E-state index is 13.3. The van der Waals surface area contributed by atoms with Gasteiger partial charge in [0.2, 0.25) is 0 Å². The predicted molar refractivity (Wildman–Crippen MR) is 124 cm³/mol. The van der Waals surface area contributed by atoms with E-state index >= 15 is 0 Å². The number of nitrogens with one attached hydrogen (secondary N) is 1. The molecule has 1 atom stereocenters. The molecule has 0 aliphatic rings. The molecule has 2 aromatic heterocycles. The molecule has 0 fully saturated rings. The molecule has 0 saturated heterocycles. The van der Waals surface area contributed by atoms with Crippen LogP contribution in [0.15, 0.2) is 55.0 Å². The first-order chi connectivity index (χ1) is 15.6. The Morgan fingerprint density at radius 1 is 1.16 bits per heavy atom. The summed E-state index contributed by atoms with van der Waals surface area (Å²) in [6.07, 6.45) is 8.16. The highest BCUT2D eigenvalue weighted by molar-refractivity contribution is 6.17. The zero-order chi connectivity index (χ0) is 22.5. The standard InChI is InChI=1S/C24H23ClFN5O/c1-16-14-31(15-27-16)21-9-3-17(13-22(21)32-2)4-10-23-28-24(30-29-23)20(11-12-25)18-5-7-19(26)8-6-18/h3-10,13-15,20H,11-12H2,1-2H3,(H,28,29,30)/b10-4+. The normalized spacial score (nSPS) is 12.4. The molecular weight excluding hydrogens is 429 g/mol. The van der Waals surface area contributed by atoms with E-state index in [2.05, 4.69) is 20.2 Å². The number of aryl methyl sites for hydroxylation is 1. The van der Waals surface area contributed by atoms with Gasteiger partial charge >= 0.3 is 0 Å². The Kier molecular flexibility index (Phi) is 6.66. The van der Waals surface area contributed by atoms with Crippen LogP contribution in [0.1, 0.15) is 40.8 Å². The summed E-state index contributed by atoms with van der Waals surface area (Å²) >= 11 is 5.99. The zero-order valence-corrected chi connectivity index (χ0v) is 18.6. The summed E-state index contributed by atoms with van der Waals surface area (Å²) < 4.78 is 20.8. The summed E-state index contributed by atoms with van der Waals surface area (Å²) in [7, 11) is 1.64. The lowest BCUT2D eigenvalue weighted by atomic mass is 9.96. The third kappa shape index (κ3) is 4.89. The van der Waals surface area contributed by atoms with Crippen LogP contribution in [0.3, 0.4) is 0 Å². The lowest BCUT2D eigenvalue weighted by Gasteiger charge is -2.12. The minimum atomic E-state index is -0.274. The number of halogens is 2. The van der Waals surface area contributed by atoms with Gasteiger partial charge in [0.05, 0.1) is 24.8 Å². The van der Waals surface area contributed by atoms with Gasteiger partial charge in [0, 0.05) is 18.0 Å². The van der Waals surface area contributed by atoms with Crippen LogP contribution < -0.4 is 4.74 Å². The second kappa shape index (κ2) is 9.78. The molecule has 2 heterocycles. The molecule has 2 aromatic carbocycles. The van der Waals surface area contributed by atoms with Crippen LogP contribution in [-0.2, 0) is 0 Å². The van der Waals surface area contributed by atoms with Gasteiger partial charge in [0.25, 0.3) is 0 Å². The number of hydrogen-bond donors (Lipinski definition) is 1. The summed E-state index contributed by atoms with van der Waals surface area (Å²) in [6.45, 7) is 1.94. The number of aromatic nitrogens is 5. The van der Waals surface area contributed by atoms with Gasteiger partial charge in [-0.05, 0) is 54.8 Å². The van der Waals surface area contributed by atoms with Crippen molar-refractivity contribution in [3.8, 4) is 11.4 Å². The number of nitrogens with zero attached hydrogens (tertiary/aromatic N) is 4. The average Bonchev–Trinajstić information content (AvgIpc) is 3.45. The minimum absolute atomic E-state index is 0.0826. The van der Waals surface area contributed by atoms with E-state index < -0.39 is 0 Å². The molecule has 1 unspecified atom stereocenters. The predicted octanol–water partition coefficient (Wildman–Crippen LogP) is 5.38. The quantitative estimate of drug-likeness (QED) is 0.365. The second-order valence-electron chi connectivity index (χ2n) is 7.36.